The first-order valence-corrected chi connectivity index (χ1v) is 8.90. The molecule has 1 saturated heterocycles. The standard InChI is InChI=1S/C14H18FN5O2S/c1-10(13-9-19(2)18-17-13)16-11-4-5-14(12(15)8-11)20-6-3-7-23(20,21)22/h4-5,8-10,16H,3,6-7H2,1-2H3. The van der Waals surface area contributed by atoms with Gasteiger partial charge in [0.25, 0.3) is 0 Å². The quantitative estimate of drug-likeness (QED) is 0.916. The van der Waals surface area contributed by atoms with Crippen molar-refractivity contribution in [3.05, 3.63) is 35.9 Å². The number of nitrogens with zero attached hydrogens (tertiary/aromatic N) is 4. The Bertz CT molecular complexity index is 820. The normalized spacial score (nSPS) is 18.1. The zero-order valence-corrected chi connectivity index (χ0v) is 13.7. The minimum Gasteiger partial charge on any atom is -0.377 e. The Kier molecular flexibility index (Phi) is 3.97. The van der Waals surface area contributed by atoms with Crippen LogP contribution in [0.15, 0.2) is 24.4 Å². The lowest BCUT2D eigenvalue weighted by Gasteiger charge is -2.19. The molecule has 0 amide bonds. The van der Waals surface area contributed by atoms with Crippen LogP contribution >= 0.6 is 0 Å². The van der Waals surface area contributed by atoms with E-state index in [1.807, 2.05) is 6.92 Å². The molecule has 1 fully saturated rings. The van der Waals surface area contributed by atoms with Crippen LogP contribution in [0.25, 0.3) is 0 Å². The van der Waals surface area contributed by atoms with Crippen molar-refractivity contribution in [2.75, 3.05) is 21.9 Å². The second-order valence-corrected chi connectivity index (χ2v) is 7.60. The molecule has 1 aromatic carbocycles. The Balaban J connectivity index is 1.79. The summed E-state index contributed by atoms with van der Waals surface area (Å²) in [6, 6.07) is 4.31. The summed E-state index contributed by atoms with van der Waals surface area (Å²) in [6.45, 7) is 2.21. The highest BCUT2D eigenvalue weighted by atomic mass is 32.2. The molecule has 23 heavy (non-hydrogen) atoms. The van der Waals surface area contributed by atoms with Gasteiger partial charge in [0, 0.05) is 19.3 Å². The molecule has 124 valence electrons. The zero-order valence-electron chi connectivity index (χ0n) is 12.9. The first-order valence-electron chi connectivity index (χ1n) is 7.29. The van der Waals surface area contributed by atoms with Crippen molar-refractivity contribution in [2.45, 2.75) is 19.4 Å². The minimum absolute atomic E-state index is 0.0656. The molecule has 0 spiro atoms. The van der Waals surface area contributed by atoms with E-state index in [1.165, 1.54) is 12.1 Å². The van der Waals surface area contributed by atoms with Crippen molar-refractivity contribution in [3.63, 3.8) is 0 Å². The van der Waals surface area contributed by atoms with E-state index in [2.05, 4.69) is 15.6 Å². The maximum Gasteiger partial charge on any atom is 0.235 e. The van der Waals surface area contributed by atoms with Gasteiger partial charge in [0.15, 0.2) is 0 Å². The Morgan fingerprint density at radius 1 is 1.39 bits per heavy atom. The first kappa shape index (κ1) is 15.7. The van der Waals surface area contributed by atoms with Gasteiger partial charge < -0.3 is 5.32 Å². The van der Waals surface area contributed by atoms with E-state index in [9.17, 15) is 12.8 Å². The van der Waals surface area contributed by atoms with Crippen molar-refractivity contribution < 1.29 is 12.8 Å². The van der Waals surface area contributed by atoms with Gasteiger partial charge in [-0.15, -0.1) is 5.10 Å². The van der Waals surface area contributed by atoms with Gasteiger partial charge >= 0.3 is 0 Å². The summed E-state index contributed by atoms with van der Waals surface area (Å²) in [5.74, 6) is -0.498. The van der Waals surface area contributed by atoms with Crippen LogP contribution in [-0.2, 0) is 17.1 Å². The van der Waals surface area contributed by atoms with Gasteiger partial charge in [0.2, 0.25) is 10.0 Å². The molecule has 0 radical (unpaired) electrons. The third-order valence-electron chi connectivity index (χ3n) is 3.76. The van der Waals surface area contributed by atoms with Crippen LogP contribution in [0.1, 0.15) is 25.1 Å². The van der Waals surface area contributed by atoms with Gasteiger partial charge in [-0.25, -0.2) is 12.8 Å². The van der Waals surface area contributed by atoms with E-state index in [1.54, 1.807) is 24.0 Å². The maximum absolute atomic E-state index is 14.3. The molecule has 7 nitrogen and oxygen atoms in total. The number of anilines is 2. The van der Waals surface area contributed by atoms with E-state index in [4.69, 9.17) is 0 Å². The highest BCUT2D eigenvalue weighted by Gasteiger charge is 2.30. The topological polar surface area (TPSA) is 80.1 Å². The number of aryl methyl sites for hydroxylation is 1. The molecular weight excluding hydrogens is 321 g/mol. The van der Waals surface area contributed by atoms with Crippen LogP contribution in [0.2, 0.25) is 0 Å². The predicted octanol–water partition coefficient (Wildman–Crippen LogP) is 1.67. The second kappa shape index (κ2) is 5.80. The molecular formula is C14H18FN5O2S. The second-order valence-electron chi connectivity index (χ2n) is 5.59. The number of nitrogens with one attached hydrogen (secondary N) is 1. The third-order valence-corrected chi connectivity index (χ3v) is 5.62. The molecule has 1 aliphatic rings. The van der Waals surface area contributed by atoms with Crippen LogP contribution in [0.3, 0.4) is 0 Å². The Labute approximate surface area is 134 Å². The fourth-order valence-corrected chi connectivity index (χ4v) is 4.17. The lowest BCUT2D eigenvalue weighted by atomic mass is 10.2. The summed E-state index contributed by atoms with van der Waals surface area (Å²) in [6.07, 6.45) is 2.30. The lowest BCUT2D eigenvalue weighted by molar-refractivity contribution is 0.595. The molecule has 1 aliphatic heterocycles. The molecule has 2 aromatic rings. The molecule has 0 saturated carbocycles. The molecule has 1 N–H and O–H groups in total. The van der Waals surface area contributed by atoms with Crippen LogP contribution in [-0.4, -0.2) is 35.7 Å². The fourth-order valence-electron chi connectivity index (χ4n) is 2.60. The highest BCUT2D eigenvalue weighted by Crippen LogP contribution is 2.29. The van der Waals surface area contributed by atoms with Gasteiger partial charge in [-0.1, -0.05) is 5.21 Å². The monoisotopic (exact) mass is 339 g/mol. The Morgan fingerprint density at radius 2 is 2.17 bits per heavy atom. The summed E-state index contributed by atoms with van der Waals surface area (Å²) in [4.78, 5) is 0. The van der Waals surface area contributed by atoms with Crippen LogP contribution < -0.4 is 9.62 Å². The van der Waals surface area contributed by atoms with Crippen molar-refractivity contribution >= 4 is 21.4 Å². The van der Waals surface area contributed by atoms with Gasteiger partial charge in [-0.05, 0) is 31.5 Å². The average Bonchev–Trinajstić information content (AvgIpc) is 3.05. The molecule has 3 rings (SSSR count). The molecule has 0 bridgehead atoms. The SMILES string of the molecule is CC(Nc1ccc(N2CCCS2(=O)=O)c(F)c1)c1cn(C)nn1. The minimum atomic E-state index is -3.39. The van der Waals surface area contributed by atoms with Crippen LogP contribution in [0.5, 0.6) is 0 Å². The van der Waals surface area contributed by atoms with Crippen molar-refractivity contribution in [1.82, 2.24) is 15.0 Å². The maximum atomic E-state index is 14.3. The summed E-state index contributed by atoms with van der Waals surface area (Å²) < 4.78 is 40.8. The largest absolute Gasteiger partial charge is 0.377 e. The highest BCUT2D eigenvalue weighted by molar-refractivity contribution is 7.93. The van der Waals surface area contributed by atoms with Crippen LogP contribution in [0.4, 0.5) is 15.8 Å². The van der Waals surface area contributed by atoms with E-state index in [-0.39, 0.29) is 17.5 Å². The molecule has 0 aliphatic carbocycles. The number of hydrogen-bond acceptors (Lipinski definition) is 5. The van der Waals surface area contributed by atoms with E-state index in [0.29, 0.717) is 18.7 Å². The number of hydrogen-bond donors (Lipinski definition) is 1. The fraction of sp³-hybridized carbons (Fsp3) is 0.429. The van der Waals surface area contributed by atoms with Crippen LogP contribution in [0, 0.1) is 5.82 Å². The van der Waals surface area contributed by atoms with Gasteiger partial charge in [-0.3, -0.25) is 8.99 Å². The molecule has 9 heteroatoms. The number of sulfonamides is 1. The third kappa shape index (κ3) is 3.14. The van der Waals surface area contributed by atoms with E-state index in [0.717, 1.165) is 10.00 Å². The summed E-state index contributed by atoms with van der Waals surface area (Å²) in [5.41, 5.74) is 1.39. The molecule has 2 heterocycles. The Hall–Kier alpha value is -2.16. The number of halogens is 1. The van der Waals surface area contributed by atoms with Gasteiger partial charge in [0.05, 0.1) is 23.7 Å². The summed E-state index contributed by atoms with van der Waals surface area (Å²) >= 11 is 0. The molecule has 1 atom stereocenters. The number of benzene rings is 1. The zero-order chi connectivity index (χ0) is 16.6. The smallest absolute Gasteiger partial charge is 0.235 e. The van der Waals surface area contributed by atoms with Gasteiger partial charge in [-0.2, -0.15) is 0 Å². The summed E-state index contributed by atoms with van der Waals surface area (Å²) in [5, 5.41) is 11.0. The molecule has 1 aromatic heterocycles. The average molecular weight is 339 g/mol. The predicted molar refractivity (Wildman–Crippen MR) is 85.2 cm³/mol. The van der Waals surface area contributed by atoms with Crippen molar-refractivity contribution in [2.24, 2.45) is 7.05 Å². The lowest BCUT2D eigenvalue weighted by Crippen LogP contribution is -2.26. The van der Waals surface area contributed by atoms with E-state index < -0.39 is 15.8 Å². The van der Waals surface area contributed by atoms with E-state index >= 15 is 0 Å². The number of rotatable bonds is 4. The van der Waals surface area contributed by atoms with Gasteiger partial charge in [0.1, 0.15) is 11.5 Å². The van der Waals surface area contributed by atoms with Crippen molar-refractivity contribution in [3.8, 4) is 0 Å². The molecule has 1 unspecified atom stereocenters. The summed E-state index contributed by atoms with van der Waals surface area (Å²) in [7, 11) is -1.61. The number of aromatic nitrogens is 3. The Morgan fingerprint density at radius 3 is 2.74 bits per heavy atom. The first-order chi connectivity index (χ1) is 10.9. The van der Waals surface area contributed by atoms with Crippen molar-refractivity contribution in [1.29, 1.82) is 0 Å².